The number of aromatic nitrogens is 1. The van der Waals surface area contributed by atoms with Crippen molar-refractivity contribution in [2.45, 2.75) is 18.7 Å². The predicted molar refractivity (Wildman–Crippen MR) is 53.9 cm³/mol. The molecule has 0 spiro atoms. The first kappa shape index (κ1) is 11.8. The van der Waals surface area contributed by atoms with Crippen molar-refractivity contribution >= 4 is 22.9 Å². The van der Waals surface area contributed by atoms with Crippen LogP contribution in [0.3, 0.4) is 0 Å². The first-order valence-electron chi connectivity index (χ1n) is 4.32. The molecule has 0 saturated heterocycles. The van der Waals surface area contributed by atoms with Crippen LogP contribution in [0.4, 0.5) is 0 Å². The fraction of sp³-hybridized carbons (Fsp3) is 0.300. The first-order chi connectivity index (χ1) is 6.36. The Hall–Kier alpha value is -0.230. The van der Waals surface area contributed by atoms with Crippen molar-refractivity contribution in [3.05, 3.63) is 24.3 Å². The summed E-state index contributed by atoms with van der Waals surface area (Å²) in [5.41, 5.74) is 2.14. The third-order valence-electron chi connectivity index (χ3n) is 2.06. The highest BCUT2D eigenvalue weighted by atomic mass is 127. The van der Waals surface area contributed by atoms with E-state index in [4.69, 9.17) is 4.42 Å². The molecule has 1 heterocycles. The lowest BCUT2D eigenvalue weighted by Crippen LogP contribution is -3.00. The summed E-state index contributed by atoms with van der Waals surface area (Å²) in [7, 11) is 0. The van der Waals surface area contributed by atoms with E-state index in [2.05, 4.69) is 17.6 Å². The summed E-state index contributed by atoms with van der Waals surface area (Å²) < 4.78 is 7.85. The summed E-state index contributed by atoms with van der Waals surface area (Å²) in [6, 6.07) is 8.12. The molecule has 14 heavy (non-hydrogen) atoms. The van der Waals surface area contributed by atoms with Gasteiger partial charge in [0.15, 0.2) is 6.54 Å². The van der Waals surface area contributed by atoms with Crippen LogP contribution in [-0.2, 0) is 6.54 Å². The molecule has 76 valence electrons. The smallest absolute Gasteiger partial charge is 0.412 e. The number of oxazole rings is 1. The van der Waals surface area contributed by atoms with E-state index < -0.39 is 0 Å². The Kier molecular flexibility index (Phi) is 4.25. The van der Waals surface area contributed by atoms with E-state index >= 15 is 0 Å². The van der Waals surface area contributed by atoms with Gasteiger partial charge in [-0.3, -0.25) is 0 Å². The van der Waals surface area contributed by atoms with Gasteiger partial charge in [0.2, 0.25) is 5.58 Å². The van der Waals surface area contributed by atoms with Crippen molar-refractivity contribution in [2.24, 2.45) is 0 Å². The van der Waals surface area contributed by atoms with E-state index in [0.717, 1.165) is 17.4 Å². The van der Waals surface area contributed by atoms with Gasteiger partial charge in [-0.25, -0.2) is 0 Å². The number of thioether (sulfide) groups is 1. The molecule has 0 saturated carbocycles. The minimum Gasteiger partial charge on any atom is -1.00 e. The number of hydrogen-bond acceptors (Lipinski definition) is 2. The van der Waals surface area contributed by atoms with Crippen molar-refractivity contribution in [3.8, 4) is 0 Å². The van der Waals surface area contributed by atoms with Gasteiger partial charge in [-0.15, -0.1) is 0 Å². The molecule has 0 bridgehead atoms. The number of aryl methyl sites for hydroxylation is 1. The number of rotatable bonds is 2. The molecule has 4 heteroatoms. The summed E-state index contributed by atoms with van der Waals surface area (Å²) in [4.78, 5) is 0. The Labute approximate surface area is 105 Å². The molecule has 2 nitrogen and oxygen atoms in total. The van der Waals surface area contributed by atoms with Crippen LogP contribution in [0.2, 0.25) is 0 Å². The van der Waals surface area contributed by atoms with Crippen LogP contribution in [0.15, 0.2) is 33.9 Å². The molecule has 1 aromatic heterocycles. The Morgan fingerprint density at radius 3 is 2.71 bits per heavy atom. The average Bonchev–Trinajstić information content (AvgIpc) is 2.55. The second-order valence-corrected chi connectivity index (χ2v) is 3.54. The van der Waals surface area contributed by atoms with Gasteiger partial charge in [-0.05, 0) is 31.0 Å². The molecule has 0 amide bonds. The average molecular weight is 321 g/mol. The fourth-order valence-corrected chi connectivity index (χ4v) is 2.09. The topological polar surface area (TPSA) is 17.0 Å². The van der Waals surface area contributed by atoms with Gasteiger partial charge in [0.1, 0.15) is 0 Å². The number of benzene rings is 1. The molecule has 0 aliphatic heterocycles. The van der Waals surface area contributed by atoms with Crippen molar-refractivity contribution in [2.75, 3.05) is 6.26 Å². The molecule has 0 aliphatic rings. The minimum absolute atomic E-state index is 0. The second-order valence-electron chi connectivity index (χ2n) is 2.78. The van der Waals surface area contributed by atoms with Gasteiger partial charge >= 0.3 is 5.22 Å². The maximum atomic E-state index is 5.67. The molecule has 0 atom stereocenters. The van der Waals surface area contributed by atoms with Crippen LogP contribution in [0.5, 0.6) is 0 Å². The summed E-state index contributed by atoms with van der Waals surface area (Å²) >= 11 is 1.64. The Balaban J connectivity index is 0.000000980. The normalized spacial score (nSPS) is 10.1. The van der Waals surface area contributed by atoms with E-state index in [0.29, 0.717) is 0 Å². The van der Waals surface area contributed by atoms with Crippen molar-refractivity contribution in [3.63, 3.8) is 0 Å². The van der Waals surface area contributed by atoms with E-state index in [-0.39, 0.29) is 24.0 Å². The SMILES string of the molecule is CC[n+]1c(SC)oc2ccccc21.[I-]. The van der Waals surface area contributed by atoms with Crippen LogP contribution in [0.25, 0.3) is 11.1 Å². The maximum Gasteiger partial charge on any atom is 0.412 e. The number of hydrogen-bond donors (Lipinski definition) is 0. The van der Waals surface area contributed by atoms with Crippen molar-refractivity contribution < 1.29 is 33.0 Å². The Morgan fingerprint density at radius 2 is 2.07 bits per heavy atom. The van der Waals surface area contributed by atoms with E-state index in [1.165, 1.54) is 5.52 Å². The lowest BCUT2D eigenvalue weighted by atomic mass is 10.3. The Morgan fingerprint density at radius 1 is 1.36 bits per heavy atom. The molecular formula is C10H12INOS. The first-order valence-corrected chi connectivity index (χ1v) is 5.54. The summed E-state index contributed by atoms with van der Waals surface area (Å²) in [5, 5.41) is 0.976. The van der Waals surface area contributed by atoms with E-state index in [9.17, 15) is 0 Å². The largest absolute Gasteiger partial charge is 1.00 e. The highest BCUT2D eigenvalue weighted by Gasteiger charge is 2.18. The highest BCUT2D eigenvalue weighted by Crippen LogP contribution is 2.19. The van der Waals surface area contributed by atoms with Crippen LogP contribution in [-0.4, -0.2) is 6.26 Å². The number of nitrogens with zero attached hydrogens (tertiary/aromatic N) is 1. The number of halogens is 1. The monoisotopic (exact) mass is 321 g/mol. The standard InChI is InChI=1S/C10H12NOS.HI/c1-3-11-8-6-4-5-7-9(8)12-10(11)13-2;/h4-7H,3H2,1-2H3;1H/q+1;/p-1. The van der Waals surface area contributed by atoms with Crippen LogP contribution in [0.1, 0.15) is 6.92 Å². The van der Waals surface area contributed by atoms with Gasteiger partial charge in [0.25, 0.3) is 5.52 Å². The summed E-state index contributed by atoms with van der Waals surface area (Å²) in [5.74, 6) is 0. The quantitative estimate of drug-likeness (QED) is 0.420. The number of para-hydroxylation sites is 2. The molecule has 1 aromatic carbocycles. The van der Waals surface area contributed by atoms with Gasteiger partial charge in [0, 0.05) is 6.07 Å². The minimum atomic E-state index is 0. The van der Waals surface area contributed by atoms with Crippen LogP contribution >= 0.6 is 11.8 Å². The lowest BCUT2D eigenvalue weighted by Gasteiger charge is -1.87. The zero-order chi connectivity index (χ0) is 9.26. The molecule has 0 N–H and O–H groups in total. The molecule has 0 fully saturated rings. The van der Waals surface area contributed by atoms with Gasteiger partial charge in [-0.2, -0.15) is 4.57 Å². The molecule has 2 rings (SSSR count). The fourth-order valence-electron chi connectivity index (χ4n) is 1.47. The molecule has 2 aromatic rings. The molecular weight excluding hydrogens is 309 g/mol. The van der Waals surface area contributed by atoms with Crippen molar-refractivity contribution in [1.82, 2.24) is 0 Å². The molecule has 0 radical (unpaired) electrons. The lowest BCUT2D eigenvalue weighted by molar-refractivity contribution is -0.713. The summed E-state index contributed by atoms with van der Waals surface area (Å²) in [6.45, 7) is 3.08. The van der Waals surface area contributed by atoms with E-state index in [1.807, 2.05) is 24.5 Å². The van der Waals surface area contributed by atoms with Crippen LogP contribution in [0, 0.1) is 0 Å². The third-order valence-corrected chi connectivity index (χ3v) is 2.72. The number of fused-ring (bicyclic) bond motifs is 1. The van der Waals surface area contributed by atoms with Gasteiger partial charge < -0.3 is 28.4 Å². The molecule has 0 unspecified atom stereocenters. The zero-order valence-corrected chi connectivity index (χ0v) is 11.1. The van der Waals surface area contributed by atoms with Gasteiger partial charge in [-0.1, -0.05) is 12.1 Å². The zero-order valence-electron chi connectivity index (χ0n) is 8.16. The molecule has 0 aliphatic carbocycles. The third kappa shape index (κ3) is 1.91. The highest BCUT2D eigenvalue weighted by molar-refractivity contribution is 7.98. The van der Waals surface area contributed by atoms with E-state index in [1.54, 1.807) is 11.8 Å². The summed E-state index contributed by atoms with van der Waals surface area (Å²) in [6.07, 6.45) is 2.03. The predicted octanol–water partition coefficient (Wildman–Crippen LogP) is -0.534. The van der Waals surface area contributed by atoms with Crippen LogP contribution < -0.4 is 28.5 Å². The maximum absolute atomic E-state index is 5.67. The second kappa shape index (κ2) is 5.02. The van der Waals surface area contributed by atoms with Gasteiger partial charge in [0.05, 0.1) is 0 Å². The Bertz CT molecular complexity index is 427. The van der Waals surface area contributed by atoms with Crippen molar-refractivity contribution in [1.29, 1.82) is 0 Å².